The van der Waals surface area contributed by atoms with E-state index in [1.165, 1.54) is 5.56 Å². The summed E-state index contributed by atoms with van der Waals surface area (Å²) >= 11 is 11.3. The summed E-state index contributed by atoms with van der Waals surface area (Å²) in [6.45, 7) is 4.75. The maximum atomic E-state index is 12.5. The molecule has 3 aromatic carbocycles. The second-order valence-electron chi connectivity index (χ2n) is 8.91. The smallest absolute Gasteiger partial charge is 0.293 e. The molecule has 37 heavy (non-hydrogen) atoms. The van der Waals surface area contributed by atoms with E-state index in [0.717, 1.165) is 27.8 Å². The van der Waals surface area contributed by atoms with Gasteiger partial charge < -0.3 is 14.2 Å². The van der Waals surface area contributed by atoms with Crippen LogP contribution in [-0.4, -0.2) is 16.0 Å². The zero-order valence-corrected chi connectivity index (χ0v) is 21.8. The number of benzene rings is 3. The average Bonchev–Trinajstić information content (AvgIpc) is 3.55. The van der Waals surface area contributed by atoms with Crippen LogP contribution in [-0.2, 0) is 6.54 Å². The number of nitrogens with zero attached hydrogens (tertiary/aromatic N) is 1. The lowest BCUT2D eigenvalue weighted by Crippen LogP contribution is -2.38. The second-order valence-corrected chi connectivity index (χ2v) is 9.75. The zero-order valence-electron chi connectivity index (χ0n) is 20.2. The SMILES string of the molecule is CC(C)c1ccc2oc(-c3ccc(CNC(=S)NC(=O)c4ccc(-c5cccc(Cl)c5)o4)cc3)nc2c1. The molecule has 5 rings (SSSR count). The monoisotopic (exact) mass is 529 g/mol. The topological polar surface area (TPSA) is 80.3 Å². The van der Waals surface area contributed by atoms with Gasteiger partial charge in [-0.25, -0.2) is 4.98 Å². The minimum Gasteiger partial charge on any atom is -0.451 e. The Balaban J connectivity index is 1.17. The van der Waals surface area contributed by atoms with E-state index < -0.39 is 5.91 Å². The van der Waals surface area contributed by atoms with Gasteiger partial charge in [0.15, 0.2) is 16.5 Å². The van der Waals surface area contributed by atoms with E-state index in [9.17, 15) is 4.79 Å². The van der Waals surface area contributed by atoms with Crippen molar-refractivity contribution in [1.29, 1.82) is 0 Å². The van der Waals surface area contributed by atoms with Crippen LogP contribution in [0.15, 0.2) is 87.7 Å². The normalized spacial score (nSPS) is 11.1. The van der Waals surface area contributed by atoms with Gasteiger partial charge in [0, 0.05) is 22.7 Å². The van der Waals surface area contributed by atoms with Crippen molar-refractivity contribution in [2.24, 2.45) is 0 Å². The number of fused-ring (bicyclic) bond motifs is 1. The molecule has 2 N–H and O–H groups in total. The highest BCUT2D eigenvalue weighted by Gasteiger charge is 2.14. The molecule has 8 heteroatoms. The molecule has 186 valence electrons. The van der Waals surface area contributed by atoms with E-state index in [4.69, 9.17) is 32.7 Å². The van der Waals surface area contributed by atoms with Crippen LogP contribution < -0.4 is 10.6 Å². The van der Waals surface area contributed by atoms with Crippen molar-refractivity contribution in [3.05, 3.63) is 101 Å². The molecule has 0 fully saturated rings. The molecule has 6 nitrogen and oxygen atoms in total. The third-order valence-electron chi connectivity index (χ3n) is 5.90. The second kappa shape index (κ2) is 10.6. The van der Waals surface area contributed by atoms with E-state index in [-0.39, 0.29) is 10.9 Å². The van der Waals surface area contributed by atoms with Gasteiger partial charge in [-0.3, -0.25) is 10.1 Å². The summed E-state index contributed by atoms with van der Waals surface area (Å²) in [4.78, 5) is 17.2. The van der Waals surface area contributed by atoms with E-state index in [2.05, 4.69) is 41.6 Å². The molecule has 0 aliphatic carbocycles. The van der Waals surface area contributed by atoms with Gasteiger partial charge in [0.1, 0.15) is 11.3 Å². The fourth-order valence-electron chi connectivity index (χ4n) is 3.84. The molecule has 0 aliphatic rings. The van der Waals surface area contributed by atoms with Crippen LogP contribution >= 0.6 is 23.8 Å². The van der Waals surface area contributed by atoms with Crippen LogP contribution in [0.5, 0.6) is 0 Å². The highest BCUT2D eigenvalue weighted by Crippen LogP contribution is 2.27. The molecule has 0 spiro atoms. The fraction of sp³-hybridized carbons (Fsp3) is 0.138. The summed E-state index contributed by atoms with van der Waals surface area (Å²) < 4.78 is 11.6. The Hall–Kier alpha value is -3.94. The Morgan fingerprint density at radius 3 is 2.54 bits per heavy atom. The first-order valence-corrected chi connectivity index (χ1v) is 12.6. The minimum atomic E-state index is -0.433. The zero-order chi connectivity index (χ0) is 25.9. The first-order chi connectivity index (χ1) is 17.9. The standard InChI is InChI=1S/C29H24ClN3O3S/c1-17(2)20-10-11-25-23(15-20)32-28(36-25)19-8-6-18(7-9-19)16-31-29(37)33-27(34)26-13-12-24(35-26)21-4-3-5-22(30)14-21/h3-15,17H,16H2,1-2H3,(H2,31,33,34,37). The quantitative estimate of drug-likeness (QED) is 0.224. The number of hydrogen-bond acceptors (Lipinski definition) is 5. The number of carbonyl (C=O) groups excluding carboxylic acids is 1. The Morgan fingerprint density at radius 2 is 1.78 bits per heavy atom. The number of carbonyl (C=O) groups is 1. The summed E-state index contributed by atoms with van der Waals surface area (Å²) in [7, 11) is 0. The lowest BCUT2D eigenvalue weighted by molar-refractivity contribution is 0.0950. The van der Waals surface area contributed by atoms with Crippen molar-refractivity contribution in [2.45, 2.75) is 26.3 Å². The summed E-state index contributed by atoms with van der Waals surface area (Å²) in [5.41, 5.74) is 5.50. The maximum absolute atomic E-state index is 12.5. The van der Waals surface area contributed by atoms with Gasteiger partial charge in [-0.05, 0) is 77.8 Å². The molecular weight excluding hydrogens is 506 g/mol. The number of thiocarbonyl (C=S) groups is 1. The maximum Gasteiger partial charge on any atom is 0.293 e. The van der Waals surface area contributed by atoms with Gasteiger partial charge >= 0.3 is 0 Å². The van der Waals surface area contributed by atoms with Gasteiger partial charge in [0.05, 0.1) is 0 Å². The average molecular weight is 530 g/mol. The van der Waals surface area contributed by atoms with Crippen molar-refractivity contribution in [3.63, 3.8) is 0 Å². The molecule has 0 aliphatic heterocycles. The highest BCUT2D eigenvalue weighted by atomic mass is 35.5. The summed E-state index contributed by atoms with van der Waals surface area (Å²) in [6, 6.07) is 24.5. The predicted octanol–water partition coefficient (Wildman–Crippen LogP) is 7.34. The van der Waals surface area contributed by atoms with E-state index in [0.29, 0.717) is 29.1 Å². The summed E-state index contributed by atoms with van der Waals surface area (Å²) in [5, 5.41) is 6.48. The number of halogens is 1. The number of aromatic nitrogens is 1. The van der Waals surface area contributed by atoms with Gasteiger partial charge in [-0.1, -0.05) is 55.8 Å². The van der Waals surface area contributed by atoms with Gasteiger partial charge in [0.25, 0.3) is 5.91 Å². The van der Waals surface area contributed by atoms with Crippen LogP contribution in [0, 0.1) is 0 Å². The molecule has 1 amide bonds. The molecule has 0 atom stereocenters. The van der Waals surface area contributed by atoms with E-state index in [1.807, 2.05) is 42.5 Å². The van der Waals surface area contributed by atoms with Crippen molar-refractivity contribution in [3.8, 4) is 22.8 Å². The fourth-order valence-corrected chi connectivity index (χ4v) is 4.20. The third-order valence-corrected chi connectivity index (χ3v) is 6.38. The molecule has 5 aromatic rings. The van der Waals surface area contributed by atoms with Crippen molar-refractivity contribution in [2.75, 3.05) is 0 Å². The number of nitrogens with one attached hydrogen (secondary N) is 2. The largest absolute Gasteiger partial charge is 0.451 e. The molecule has 2 aromatic heterocycles. The van der Waals surface area contributed by atoms with Gasteiger partial charge in [-0.15, -0.1) is 0 Å². The first kappa shape index (κ1) is 24.7. The summed E-state index contributed by atoms with van der Waals surface area (Å²) in [6.07, 6.45) is 0. The molecule has 0 saturated heterocycles. The van der Waals surface area contributed by atoms with Gasteiger partial charge in [0.2, 0.25) is 5.89 Å². The van der Waals surface area contributed by atoms with E-state index in [1.54, 1.807) is 24.3 Å². The van der Waals surface area contributed by atoms with Crippen molar-refractivity contribution < 1.29 is 13.6 Å². The predicted molar refractivity (Wildman–Crippen MR) is 150 cm³/mol. The molecule has 0 unspecified atom stereocenters. The lowest BCUT2D eigenvalue weighted by Gasteiger charge is -2.09. The Labute approximate surface area is 224 Å². The van der Waals surface area contributed by atoms with Crippen LogP contribution in [0.1, 0.15) is 41.4 Å². The number of hydrogen-bond donors (Lipinski definition) is 2. The van der Waals surface area contributed by atoms with Crippen molar-refractivity contribution in [1.82, 2.24) is 15.6 Å². The first-order valence-electron chi connectivity index (χ1n) is 11.8. The van der Waals surface area contributed by atoms with Crippen molar-refractivity contribution >= 4 is 45.9 Å². The Kier molecular flexibility index (Phi) is 7.08. The molecule has 2 heterocycles. The van der Waals surface area contributed by atoms with Gasteiger partial charge in [-0.2, -0.15) is 0 Å². The number of furan rings is 1. The number of rotatable bonds is 6. The Morgan fingerprint density at radius 1 is 0.973 bits per heavy atom. The Bertz CT molecular complexity index is 1590. The minimum absolute atomic E-state index is 0.155. The lowest BCUT2D eigenvalue weighted by atomic mass is 10.0. The number of amides is 1. The molecule has 0 bridgehead atoms. The van der Waals surface area contributed by atoms with E-state index >= 15 is 0 Å². The highest BCUT2D eigenvalue weighted by molar-refractivity contribution is 7.80. The van der Waals surface area contributed by atoms with Crippen LogP contribution in [0.25, 0.3) is 33.9 Å². The van der Waals surface area contributed by atoms with Crippen LogP contribution in [0.2, 0.25) is 5.02 Å². The molecule has 0 saturated carbocycles. The molecule has 0 radical (unpaired) electrons. The summed E-state index contributed by atoms with van der Waals surface area (Å²) in [5.74, 6) is 1.28. The number of oxazole rings is 1. The van der Waals surface area contributed by atoms with Crippen LogP contribution in [0.3, 0.4) is 0 Å². The third kappa shape index (κ3) is 5.74. The molecular formula is C29H24ClN3O3S. The van der Waals surface area contributed by atoms with Crippen LogP contribution in [0.4, 0.5) is 0 Å².